The molecule has 3 nitrogen and oxygen atoms in total. The van der Waals surface area contributed by atoms with Crippen LogP contribution in [0, 0.1) is 6.92 Å². The number of ketones is 1. The quantitative estimate of drug-likeness (QED) is 0.557. The van der Waals surface area contributed by atoms with Crippen LogP contribution < -0.4 is 5.32 Å². The number of rotatable bonds is 4. The van der Waals surface area contributed by atoms with E-state index in [4.69, 9.17) is 6.92 Å². The molecule has 0 aliphatic carbocycles. The monoisotopic (exact) mass is 175 g/mol. The molecular weight excluding hydrogens is 166 g/mol. The molecule has 2 radical (unpaired) electrons. The third-order valence-electron chi connectivity index (χ3n) is 1.63. The normalized spacial score (nSPS) is 9.31. The number of hydrogen-bond acceptors (Lipinski definition) is 2. The van der Waals surface area contributed by atoms with Gasteiger partial charge in [-0.15, -0.1) is 0 Å². The lowest BCUT2D eigenvalue weighted by atomic mass is 10.1. The lowest BCUT2D eigenvalue weighted by molar-refractivity contribution is -0.105. The van der Waals surface area contributed by atoms with Crippen LogP contribution in [0.1, 0.15) is 16.8 Å². The topological polar surface area (TPSA) is 46.2 Å². The molecule has 0 unspecified atom stereocenters. The van der Waals surface area contributed by atoms with E-state index in [0.29, 0.717) is 17.7 Å². The van der Waals surface area contributed by atoms with Crippen LogP contribution in [0.5, 0.6) is 0 Å². The molecule has 0 atom stereocenters. The van der Waals surface area contributed by atoms with Crippen LogP contribution in [0.2, 0.25) is 0 Å². The Morgan fingerprint density at radius 2 is 2.15 bits per heavy atom. The van der Waals surface area contributed by atoms with Crippen molar-refractivity contribution in [3.05, 3.63) is 36.8 Å². The second-order valence-electron chi connectivity index (χ2n) is 2.44. The highest BCUT2D eigenvalue weighted by Crippen LogP contribution is 2.15. The van der Waals surface area contributed by atoms with E-state index in [1.54, 1.807) is 24.3 Å². The second kappa shape index (κ2) is 4.40. The van der Waals surface area contributed by atoms with Crippen molar-refractivity contribution >= 4 is 17.9 Å². The van der Waals surface area contributed by atoms with Gasteiger partial charge in [-0.3, -0.25) is 9.59 Å². The summed E-state index contributed by atoms with van der Waals surface area (Å²) in [4.78, 5) is 21.4. The zero-order chi connectivity index (χ0) is 9.68. The van der Waals surface area contributed by atoms with Gasteiger partial charge in [-0.2, -0.15) is 0 Å². The number of anilines is 1. The molecular formula is C10H9NO2. The van der Waals surface area contributed by atoms with E-state index in [9.17, 15) is 9.59 Å². The average molecular weight is 175 g/mol. The zero-order valence-corrected chi connectivity index (χ0v) is 6.99. The van der Waals surface area contributed by atoms with Gasteiger partial charge >= 0.3 is 0 Å². The lowest BCUT2D eigenvalue weighted by Gasteiger charge is -2.04. The maximum Gasteiger partial charge on any atom is 0.211 e. The molecule has 0 saturated carbocycles. The minimum atomic E-state index is -0.190. The van der Waals surface area contributed by atoms with Crippen molar-refractivity contribution in [3.63, 3.8) is 0 Å². The molecule has 0 spiro atoms. The van der Waals surface area contributed by atoms with Crippen molar-refractivity contribution in [1.29, 1.82) is 0 Å². The van der Waals surface area contributed by atoms with Gasteiger partial charge in [0, 0.05) is 12.0 Å². The predicted octanol–water partition coefficient (Wildman–Crippen LogP) is 1.54. The third-order valence-corrected chi connectivity index (χ3v) is 1.63. The van der Waals surface area contributed by atoms with E-state index in [2.05, 4.69) is 5.32 Å². The van der Waals surface area contributed by atoms with Crippen LogP contribution in [0.3, 0.4) is 0 Å². The van der Waals surface area contributed by atoms with Gasteiger partial charge in [0.15, 0.2) is 5.78 Å². The fraction of sp³-hybridized carbons (Fsp3) is 0.100. The van der Waals surface area contributed by atoms with Gasteiger partial charge < -0.3 is 5.32 Å². The Balaban J connectivity index is 3.03. The molecule has 1 aromatic carbocycles. The van der Waals surface area contributed by atoms with Crippen LogP contribution in [0.25, 0.3) is 0 Å². The molecule has 1 aromatic rings. The summed E-state index contributed by atoms with van der Waals surface area (Å²) >= 11 is 0. The van der Waals surface area contributed by atoms with Gasteiger partial charge in [-0.25, -0.2) is 0 Å². The molecule has 0 aliphatic heterocycles. The highest BCUT2D eigenvalue weighted by atomic mass is 16.1. The molecule has 0 aliphatic rings. The largest absolute Gasteiger partial charge is 0.328 e. The van der Waals surface area contributed by atoms with Gasteiger partial charge in [-0.05, 0) is 19.1 Å². The van der Waals surface area contributed by atoms with Gasteiger partial charge in [0.1, 0.15) is 0 Å². The van der Waals surface area contributed by atoms with Crippen LogP contribution in [-0.4, -0.2) is 12.2 Å². The van der Waals surface area contributed by atoms with E-state index in [1.165, 1.54) is 0 Å². The summed E-state index contributed by atoms with van der Waals surface area (Å²) in [6.45, 7) is 5.20. The predicted molar refractivity (Wildman–Crippen MR) is 49.4 cm³/mol. The number of benzene rings is 1. The molecule has 1 amide bonds. The third kappa shape index (κ3) is 2.15. The summed E-state index contributed by atoms with van der Waals surface area (Å²) in [6.07, 6.45) is 0.472. The average Bonchev–Trinajstić information content (AvgIpc) is 2.18. The molecule has 0 heterocycles. The summed E-state index contributed by atoms with van der Waals surface area (Å²) in [5.41, 5.74) is 0.935. The number of amides is 1. The molecule has 66 valence electrons. The Labute approximate surface area is 76.8 Å². The summed E-state index contributed by atoms with van der Waals surface area (Å²) in [5, 5.41) is 2.43. The standard InChI is InChI=1S/C10H9NO2/c1-2-10(13)8-5-3-4-6-9(8)11-7-12/h1,3-7H,2H2,(H,11,12). The van der Waals surface area contributed by atoms with Crippen molar-refractivity contribution in [1.82, 2.24) is 0 Å². The molecule has 0 bridgehead atoms. The number of nitrogens with one attached hydrogen (secondary N) is 1. The first-order chi connectivity index (χ1) is 6.29. The van der Waals surface area contributed by atoms with Crippen molar-refractivity contribution in [2.24, 2.45) is 0 Å². The maximum atomic E-state index is 11.2. The minimum Gasteiger partial charge on any atom is -0.328 e. The smallest absolute Gasteiger partial charge is 0.211 e. The number of para-hydroxylation sites is 1. The first kappa shape index (κ1) is 9.45. The number of carbonyl (C=O) groups excluding carboxylic acids is 2. The van der Waals surface area contributed by atoms with E-state index < -0.39 is 0 Å². The Kier molecular flexibility index (Phi) is 3.20. The SMILES string of the molecule is [CH]CC(=O)c1ccccc1NC=O. The van der Waals surface area contributed by atoms with Crippen molar-refractivity contribution in [3.8, 4) is 0 Å². The molecule has 0 aromatic heterocycles. The maximum absolute atomic E-state index is 11.2. The fourth-order valence-corrected chi connectivity index (χ4v) is 1.03. The summed E-state index contributed by atoms with van der Waals surface area (Å²) in [5.74, 6) is -0.190. The minimum absolute atomic E-state index is 0.0580. The van der Waals surface area contributed by atoms with E-state index in [0.717, 1.165) is 0 Å². The fourth-order valence-electron chi connectivity index (χ4n) is 1.03. The number of hydrogen-bond donors (Lipinski definition) is 1. The van der Waals surface area contributed by atoms with Gasteiger partial charge in [-0.1, -0.05) is 12.1 Å². The molecule has 0 saturated heterocycles. The first-order valence-electron chi connectivity index (χ1n) is 3.82. The van der Waals surface area contributed by atoms with Crippen LogP contribution in [-0.2, 0) is 4.79 Å². The molecule has 13 heavy (non-hydrogen) atoms. The molecule has 1 rings (SSSR count). The summed E-state index contributed by atoms with van der Waals surface area (Å²) in [6, 6.07) is 6.73. The van der Waals surface area contributed by atoms with Gasteiger partial charge in [0.05, 0.1) is 5.69 Å². The Bertz CT molecular complexity index is 320. The van der Waals surface area contributed by atoms with Crippen molar-refractivity contribution in [2.45, 2.75) is 6.42 Å². The Hall–Kier alpha value is -1.64. The molecule has 1 N–H and O–H groups in total. The van der Waals surface area contributed by atoms with E-state index >= 15 is 0 Å². The highest BCUT2D eigenvalue weighted by molar-refractivity contribution is 6.02. The Morgan fingerprint density at radius 1 is 1.46 bits per heavy atom. The zero-order valence-electron chi connectivity index (χ0n) is 6.99. The summed E-state index contributed by atoms with van der Waals surface area (Å²) < 4.78 is 0. The van der Waals surface area contributed by atoms with Crippen molar-refractivity contribution < 1.29 is 9.59 Å². The van der Waals surface area contributed by atoms with Gasteiger partial charge in [0.2, 0.25) is 6.41 Å². The number of Topliss-reactive ketones (excluding diaryl/α,β-unsaturated/α-hetero) is 1. The Morgan fingerprint density at radius 3 is 2.77 bits per heavy atom. The van der Waals surface area contributed by atoms with Crippen LogP contribution in [0.4, 0.5) is 5.69 Å². The number of carbonyl (C=O) groups is 2. The molecule has 0 fully saturated rings. The molecule has 3 heteroatoms. The highest BCUT2D eigenvalue weighted by Gasteiger charge is 2.07. The van der Waals surface area contributed by atoms with E-state index in [-0.39, 0.29) is 12.2 Å². The first-order valence-corrected chi connectivity index (χ1v) is 3.82. The van der Waals surface area contributed by atoms with Crippen LogP contribution >= 0.6 is 0 Å². The van der Waals surface area contributed by atoms with Crippen molar-refractivity contribution in [2.75, 3.05) is 5.32 Å². The van der Waals surface area contributed by atoms with Crippen LogP contribution in [0.15, 0.2) is 24.3 Å². The second-order valence-corrected chi connectivity index (χ2v) is 2.44. The van der Waals surface area contributed by atoms with E-state index in [1.807, 2.05) is 0 Å². The van der Waals surface area contributed by atoms with Gasteiger partial charge in [0.25, 0.3) is 0 Å². The summed E-state index contributed by atoms with van der Waals surface area (Å²) in [7, 11) is 0. The lowest BCUT2D eigenvalue weighted by Crippen LogP contribution is -2.03.